The third-order valence-electron chi connectivity index (χ3n) is 3.31. The van der Waals surface area contributed by atoms with Gasteiger partial charge in [0.15, 0.2) is 17.3 Å². The quantitative estimate of drug-likeness (QED) is 0.733. The zero-order valence-electron chi connectivity index (χ0n) is 14.4. The zero-order chi connectivity index (χ0) is 19.1. The van der Waals surface area contributed by atoms with Gasteiger partial charge in [0, 0.05) is 23.7 Å². The first kappa shape index (κ1) is 19.8. The van der Waals surface area contributed by atoms with Gasteiger partial charge in [-0.3, -0.25) is 0 Å². The van der Waals surface area contributed by atoms with Crippen molar-refractivity contribution >= 4 is 29.0 Å². The minimum Gasteiger partial charge on any atom is -0.461 e. The topological polar surface area (TPSA) is 71.5 Å². The smallest absolute Gasteiger partial charge is 0.357 e. The van der Waals surface area contributed by atoms with E-state index >= 15 is 0 Å². The Hall–Kier alpha value is -2.55. The number of urea groups is 1. The number of nitrogens with one attached hydrogen (secondary N) is 1. The monoisotopic (exact) mass is 383 g/mol. The Balaban J connectivity index is 2.06. The number of hydrogen-bond donors (Lipinski definition) is 1. The summed E-state index contributed by atoms with van der Waals surface area (Å²) in [6.45, 7) is 4.49. The highest BCUT2D eigenvalue weighted by Gasteiger charge is 2.18. The van der Waals surface area contributed by atoms with Crippen LogP contribution in [0.15, 0.2) is 23.6 Å². The molecule has 2 rings (SSSR count). The number of carbonyl (C=O) groups is 2. The van der Waals surface area contributed by atoms with Gasteiger partial charge in [-0.05, 0) is 25.5 Å². The van der Waals surface area contributed by atoms with Crippen molar-refractivity contribution in [3.63, 3.8) is 0 Å². The third-order valence-corrected chi connectivity index (χ3v) is 4.15. The van der Waals surface area contributed by atoms with Gasteiger partial charge in [-0.15, -0.1) is 11.3 Å². The van der Waals surface area contributed by atoms with Crippen LogP contribution in [0.2, 0.25) is 0 Å². The van der Waals surface area contributed by atoms with E-state index < -0.39 is 23.6 Å². The van der Waals surface area contributed by atoms with E-state index in [1.807, 2.05) is 6.92 Å². The molecule has 0 aliphatic rings. The van der Waals surface area contributed by atoms with Crippen LogP contribution in [0.3, 0.4) is 0 Å². The molecule has 0 unspecified atom stereocenters. The fraction of sp³-hybridized carbons (Fsp3) is 0.353. The first-order chi connectivity index (χ1) is 12.4. The third kappa shape index (κ3) is 5.22. The number of aromatic nitrogens is 1. The Morgan fingerprint density at radius 1 is 1.27 bits per heavy atom. The lowest BCUT2D eigenvalue weighted by molar-refractivity contribution is 0.0520. The molecule has 0 radical (unpaired) electrons. The molecular formula is C17H19F2N3O3S. The Morgan fingerprint density at radius 2 is 2.04 bits per heavy atom. The van der Waals surface area contributed by atoms with E-state index in [0.29, 0.717) is 18.0 Å². The summed E-state index contributed by atoms with van der Waals surface area (Å²) in [5, 5.41) is 4.68. The van der Waals surface area contributed by atoms with Crippen molar-refractivity contribution in [1.82, 2.24) is 9.88 Å². The Morgan fingerprint density at radius 3 is 2.69 bits per heavy atom. The SMILES string of the molecule is CCCN(Cc1nc(C(=O)OCC)cs1)C(=O)Nc1ccc(F)c(F)c1. The molecular weight excluding hydrogens is 364 g/mol. The maximum atomic E-state index is 13.3. The van der Waals surface area contributed by atoms with Crippen LogP contribution >= 0.6 is 11.3 Å². The normalized spacial score (nSPS) is 10.5. The van der Waals surface area contributed by atoms with E-state index in [2.05, 4.69) is 10.3 Å². The van der Waals surface area contributed by atoms with Crippen molar-refractivity contribution in [3.8, 4) is 0 Å². The van der Waals surface area contributed by atoms with Gasteiger partial charge in [-0.25, -0.2) is 23.4 Å². The van der Waals surface area contributed by atoms with Crippen LogP contribution in [-0.4, -0.2) is 35.0 Å². The molecule has 0 spiro atoms. The van der Waals surface area contributed by atoms with Gasteiger partial charge in [0.1, 0.15) is 5.01 Å². The van der Waals surface area contributed by atoms with Crippen molar-refractivity contribution in [3.05, 3.63) is 45.9 Å². The summed E-state index contributed by atoms with van der Waals surface area (Å²) in [5.74, 6) is -2.53. The summed E-state index contributed by atoms with van der Waals surface area (Å²) in [6, 6.07) is 2.68. The van der Waals surface area contributed by atoms with Crippen LogP contribution in [0, 0.1) is 11.6 Å². The fourth-order valence-electron chi connectivity index (χ4n) is 2.14. The van der Waals surface area contributed by atoms with Crippen molar-refractivity contribution < 1.29 is 23.1 Å². The van der Waals surface area contributed by atoms with Crippen LogP contribution in [0.5, 0.6) is 0 Å². The molecule has 0 atom stereocenters. The van der Waals surface area contributed by atoms with Crippen molar-refractivity contribution in [1.29, 1.82) is 0 Å². The molecule has 0 bridgehead atoms. The fourth-order valence-corrected chi connectivity index (χ4v) is 2.92. The average molecular weight is 383 g/mol. The number of ether oxygens (including phenoxy) is 1. The van der Waals surface area contributed by atoms with Crippen LogP contribution in [0.4, 0.5) is 19.3 Å². The number of thiazole rings is 1. The van der Waals surface area contributed by atoms with E-state index in [1.54, 1.807) is 12.3 Å². The molecule has 6 nitrogen and oxygen atoms in total. The molecule has 1 aromatic heterocycles. The highest BCUT2D eigenvalue weighted by Crippen LogP contribution is 2.17. The van der Waals surface area contributed by atoms with Gasteiger partial charge in [0.2, 0.25) is 0 Å². The van der Waals surface area contributed by atoms with Gasteiger partial charge >= 0.3 is 12.0 Å². The highest BCUT2D eigenvalue weighted by atomic mass is 32.1. The largest absolute Gasteiger partial charge is 0.461 e. The van der Waals surface area contributed by atoms with E-state index in [1.165, 1.54) is 22.3 Å². The molecule has 1 N–H and O–H groups in total. The number of carbonyl (C=O) groups excluding carboxylic acids is 2. The van der Waals surface area contributed by atoms with E-state index in [4.69, 9.17) is 4.74 Å². The summed E-state index contributed by atoms with van der Waals surface area (Å²) in [7, 11) is 0. The van der Waals surface area contributed by atoms with Crippen molar-refractivity contribution in [2.75, 3.05) is 18.5 Å². The number of hydrogen-bond acceptors (Lipinski definition) is 5. The Labute approximate surface area is 153 Å². The molecule has 9 heteroatoms. The number of rotatable bonds is 7. The van der Waals surface area contributed by atoms with Gasteiger partial charge in [0.25, 0.3) is 0 Å². The maximum absolute atomic E-state index is 13.3. The molecule has 1 aromatic carbocycles. The summed E-state index contributed by atoms with van der Waals surface area (Å²) in [5.41, 5.74) is 0.352. The lowest BCUT2D eigenvalue weighted by Gasteiger charge is -2.21. The molecule has 26 heavy (non-hydrogen) atoms. The summed E-state index contributed by atoms with van der Waals surface area (Å²) >= 11 is 1.24. The second-order valence-electron chi connectivity index (χ2n) is 5.33. The van der Waals surface area contributed by atoms with Crippen LogP contribution < -0.4 is 5.32 Å². The molecule has 0 saturated carbocycles. The highest BCUT2D eigenvalue weighted by molar-refractivity contribution is 7.09. The predicted octanol–water partition coefficient (Wildman–Crippen LogP) is 4.04. The average Bonchev–Trinajstić information content (AvgIpc) is 3.07. The molecule has 0 saturated heterocycles. The van der Waals surface area contributed by atoms with Crippen LogP contribution in [0.25, 0.3) is 0 Å². The zero-order valence-corrected chi connectivity index (χ0v) is 15.2. The maximum Gasteiger partial charge on any atom is 0.357 e. The van der Waals surface area contributed by atoms with Gasteiger partial charge in [-0.2, -0.15) is 0 Å². The molecule has 2 amide bonds. The molecule has 0 aliphatic heterocycles. The molecule has 0 fully saturated rings. The first-order valence-corrected chi connectivity index (χ1v) is 8.95. The number of halogens is 2. The second kappa shape index (κ2) is 9.23. The molecule has 2 aromatic rings. The minimum absolute atomic E-state index is 0.154. The second-order valence-corrected chi connectivity index (χ2v) is 6.27. The number of anilines is 1. The van der Waals surface area contributed by atoms with E-state index in [0.717, 1.165) is 12.1 Å². The van der Waals surface area contributed by atoms with E-state index in [9.17, 15) is 18.4 Å². The molecule has 1 heterocycles. The number of amides is 2. The van der Waals surface area contributed by atoms with Crippen LogP contribution in [-0.2, 0) is 11.3 Å². The van der Waals surface area contributed by atoms with E-state index in [-0.39, 0.29) is 24.5 Å². The van der Waals surface area contributed by atoms with Crippen molar-refractivity contribution in [2.45, 2.75) is 26.8 Å². The lowest BCUT2D eigenvalue weighted by Crippen LogP contribution is -2.35. The van der Waals surface area contributed by atoms with Gasteiger partial charge < -0.3 is 15.0 Å². The van der Waals surface area contributed by atoms with Crippen molar-refractivity contribution in [2.24, 2.45) is 0 Å². The standard InChI is InChI=1S/C17H19F2N3O3S/c1-3-7-22(9-15-21-14(10-26-15)16(23)25-4-2)17(24)20-11-5-6-12(18)13(19)8-11/h5-6,8,10H,3-4,7,9H2,1-2H3,(H,20,24). The lowest BCUT2D eigenvalue weighted by atomic mass is 10.3. The Kier molecular flexibility index (Phi) is 7.02. The van der Waals surface area contributed by atoms with Crippen LogP contribution in [0.1, 0.15) is 35.8 Å². The predicted molar refractivity (Wildman–Crippen MR) is 94.1 cm³/mol. The number of esters is 1. The minimum atomic E-state index is -1.04. The van der Waals surface area contributed by atoms with Gasteiger partial charge in [0.05, 0.1) is 13.2 Å². The summed E-state index contributed by atoms with van der Waals surface area (Å²) < 4.78 is 31.1. The number of benzene rings is 1. The first-order valence-electron chi connectivity index (χ1n) is 8.07. The van der Waals surface area contributed by atoms with Gasteiger partial charge in [-0.1, -0.05) is 6.92 Å². The summed E-state index contributed by atoms with van der Waals surface area (Å²) in [4.78, 5) is 29.8. The molecule has 140 valence electrons. The molecule has 0 aliphatic carbocycles. The summed E-state index contributed by atoms with van der Waals surface area (Å²) in [6.07, 6.45) is 0.696. The number of nitrogens with zero attached hydrogens (tertiary/aromatic N) is 2. The Bertz CT molecular complexity index is 782.